The number of nitrogens with one attached hydrogen (secondary N) is 2. The summed E-state index contributed by atoms with van der Waals surface area (Å²) in [6.45, 7) is 2.56. The summed E-state index contributed by atoms with van der Waals surface area (Å²) in [7, 11) is 0. The topological polar surface area (TPSA) is 57.3 Å². The highest BCUT2D eigenvalue weighted by Gasteiger charge is 2.40. The molecule has 1 aromatic carbocycles. The molecule has 1 aliphatic rings. The minimum atomic E-state index is -0.0393. The van der Waals surface area contributed by atoms with E-state index in [1.54, 1.807) is 17.5 Å². The number of anilines is 1. The van der Waals surface area contributed by atoms with Gasteiger partial charge in [-0.2, -0.15) is 0 Å². The summed E-state index contributed by atoms with van der Waals surface area (Å²) in [5.41, 5.74) is 2.92. The molecule has 0 bridgehead atoms. The van der Waals surface area contributed by atoms with Crippen LogP contribution in [0.25, 0.3) is 0 Å². The number of hydrogen-bond donors (Lipinski definition) is 2. The second-order valence-corrected chi connectivity index (χ2v) is 8.37. The number of rotatable bonds is 6. The third-order valence-electron chi connectivity index (χ3n) is 4.95. The molecule has 4 rings (SSSR count). The Labute approximate surface area is 179 Å². The van der Waals surface area contributed by atoms with Crippen LogP contribution in [0.3, 0.4) is 0 Å². The van der Waals surface area contributed by atoms with Gasteiger partial charge in [0.05, 0.1) is 17.8 Å². The number of aromatic nitrogens is 1. The van der Waals surface area contributed by atoms with Crippen LogP contribution in [0.15, 0.2) is 66.2 Å². The summed E-state index contributed by atoms with van der Waals surface area (Å²) in [5.74, 6) is -0.0251. The predicted octanol–water partition coefficient (Wildman–Crippen LogP) is 4.45. The van der Waals surface area contributed by atoms with Crippen LogP contribution in [0, 0.1) is 6.92 Å². The lowest BCUT2D eigenvalue weighted by Crippen LogP contribution is -2.32. The molecule has 2 unspecified atom stereocenters. The molecule has 1 saturated heterocycles. The quantitative estimate of drug-likeness (QED) is 0.575. The van der Waals surface area contributed by atoms with Crippen LogP contribution in [-0.2, 0) is 4.79 Å². The van der Waals surface area contributed by atoms with Crippen LogP contribution in [0.2, 0.25) is 0 Å². The van der Waals surface area contributed by atoms with Crippen LogP contribution in [0.5, 0.6) is 0 Å². The molecular formula is C22H22N4OS2. The van der Waals surface area contributed by atoms with Crippen molar-refractivity contribution in [2.24, 2.45) is 0 Å². The fourth-order valence-corrected chi connectivity index (χ4v) is 4.70. The van der Waals surface area contributed by atoms with Crippen molar-refractivity contribution in [3.63, 3.8) is 0 Å². The molecule has 148 valence electrons. The first kappa shape index (κ1) is 19.5. The smallest absolute Gasteiger partial charge is 0.226 e. The Morgan fingerprint density at radius 3 is 2.72 bits per heavy atom. The number of benzene rings is 1. The minimum Gasteiger partial charge on any atom is -0.352 e. The molecule has 0 aliphatic carbocycles. The second kappa shape index (κ2) is 8.71. The van der Waals surface area contributed by atoms with Crippen molar-refractivity contribution < 1.29 is 4.79 Å². The zero-order chi connectivity index (χ0) is 20.2. The number of nitrogens with zero attached hydrogens (tertiary/aromatic N) is 2. The molecule has 3 heterocycles. The number of pyridine rings is 1. The molecule has 1 aliphatic heterocycles. The van der Waals surface area contributed by atoms with E-state index in [0.29, 0.717) is 18.1 Å². The van der Waals surface area contributed by atoms with Crippen molar-refractivity contribution >= 4 is 40.3 Å². The average Bonchev–Trinajstić information content (AvgIpc) is 3.36. The number of carbonyl (C=O) groups excluding carboxylic acids is 1. The monoisotopic (exact) mass is 422 g/mol. The Morgan fingerprint density at radius 2 is 2.03 bits per heavy atom. The summed E-state index contributed by atoms with van der Waals surface area (Å²) >= 11 is 7.32. The Morgan fingerprint density at radius 1 is 1.21 bits per heavy atom. The van der Waals surface area contributed by atoms with Gasteiger partial charge in [-0.15, -0.1) is 11.3 Å². The van der Waals surface area contributed by atoms with Crippen LogP contribution in [0.4, 0.5) is 5.69 Å². The van der Waals surface area contributed by atoms with Crippen molar-refractivity contribution in [3.05, 3.63) is 82.3 Å². The molecule has 2 aromatic heterocycles. The number of aryl methyl sites for hydroxylation is 1. The van der Waals surface area contributed by atoms with E-state index >= 15 is 0 Å². The van der Waals surface area contributed by atoms with Gasteiger partial charge in [-0.1, -0.05) is 29.8 Å². The fourth-order valence-electron chi connectivity index (χ4n) is 3.50. The van der Waals surface area contributed by atoms with E-state index in [-0.39, 0.29) is 18.0 Å². The maximum atomic E-state index is 12.5. The third-order valence-corrected chi connectivity index (χ3v) is 6.24. The number of thiocarbonyl (C=S) groups is 1. The van der Waals surface area contributed by atoms with Gasteiger partial charge < -0.3 is 15.5 Å². The highest BCUT2D eigenvalue weighted by Crippen LogP contribution is 2.40. The molecule has 0 radical (unpaired) electrons. The number of amides is 1. The minimum absolute atomic E-state index is 0.0181. The van der Waals surface area contributed by atoms with Crippen LogP contribution >= 0.6 is 23.6 Å². The van der Waals surface area contributed by atoms with Crippen molar-refractivity contribution in [2.75, 3.05) is 11.9 Å². The molecule has 1 fully saturated rings. The van der Waals surface area contributed by atoms with Gasteiger partial charge >= 0.3 is 0 Å². The van der Waals surface area contributed by atoms with E-state index in [1.165, 1.54) is 4.88 Å². The van der Waals surface area contributed by atoms with Crippen LogP contribution < -0.4 is 10.6 Å². The van der Waals surface area contributed by atoms with Gasteiger partial charge in [0.2, 0.25) is 5.91 Å². The van der Waals surface area contributed by atoms with Gasteiger partial charge in [0, 0.05) is 29.7 Å². The van der Waals surface area contributed by atoms with Crippen LogP contribution in [-0.4, -0.2) is 27.4 Å². The standard InChI is InChI=1S/C22H22N4OS2/c1-15-7-9-16(10-8-15)24-19(27)11-13-26-21(18-6-4-14-29-18)20(25-22(26)28)17-5-2-3-12-23-17/h2-10,12,14,20-21H,11,13H2,1H3,(H,24,27)(H,25,28). The van der Waals surface area contributed by atoms with E-state index in [0.717, 1.165) is 16.9 Å². The average molecular weight is 423 g/mol. The Kier molecular flexibility index (Phi) is 5.87. The molecule has 3 aromatic rings. The zero-order valence-electron chi connectivity index (χ0n) is 16.0. The lowest BCUT2D eigenvalue weighted by atomic mass is 10.0. The lowest BCUT2D eigenvalue weighted by molar-refractivity contribution is -0.116. The Balaban J connectivity index is 1.48. The normalized spacial score (nSPS) is 18.5. The third kappa shape index (κ3) is 4.46. The first-order chi connectivity index (χ1) is 14.1. The van der Waals surface area contributed by atoms with E-state index in [4.69, 9.17) is 12.2 Å². The molecule has 2 atom stereocenters. The molecular weight excluding hydrogens is 400 g/mol. The maximum Gasteiger partial charge on any atom is 0.226 e. The largest absolute Gasteiger partial charge is 0.352 e. The Bertz CT molecular complexity index is 974. The fraction of sp³-hybridized carbons (Fsp3) is 0.227. The van der Waals surface area contributed by atoms with Crippen molar-refractivity contribution in [1.82, 2.24) is 15.2 Å². The number of carbonyl (C=O) groups is 1. The first-order valence-electron chi connectivity index (χ1n) is 9.50. The van der Waals surface area contributed by atoms with Gasteiger partial charge in [0.25, 0.3) is 0 Å². The van der Waals surface area contributed by atoms with Gasteiger partial charge in [0.15, 0.2) is 5.11 Å². The summed E-state index contributed by atoms with van der Waals surface area (Å²) in [5, 5.41) is 9.09. The number of thiophene rings is 1. The zero-order valence-corrected chi connectivity index (χ0v) is 17.7. The lowest BCUT2D eigenvalue weighted by Gasteiger charge is -2.26. The predicted molar refractivity (Wildman–Crippen MR) is 121 cm³/mol. The molecule has 29 heavy (non-hydrogen) atoms. The summed E-state index contributed by atoms with van der Waals surface area (Å²) in [4.78, 5) is 20.3. The van der Waals surface area contributed by atoms with Gasteiger partial charge in [-0.3, -0.25) is 9.78 Å². The van der Waals surface area contributed by atoms with Crippen molar-refractivity contribution in [1.29, 1.82) is 0 Å². The molecule has 0 saturated carbocycles. The summed E-state index contributed by atoms with van der Waals surface area (Å²) in [6, 6.07) is 17.8. The van der Waals surface area contributed by atoms with Crippen LogP contribution in [0.1, 0.15) is 34.6 Å². The van der Waals surface area contributed by atoms with Gasteiger partial charge in [0.1, 0.15) is 0 Å². The van der Waals surface area contributed by atoms with Gasteiger partial charge in [-0.05, 0) is 54.9 Å². The second-order valence-electron chi connectivity index (χ2n) is 7.00. The van der Waals surface area contributed by atoms with Crippen molar-refractivity contribution in [2.45, 2.75) is 25.4 Å². The van der Waals surface area contributed by atoms with E-state index < -0.39 is 0 Å². The molecule has 5 nitrogen and oxygen atoms in total. The molecule has 2 N–H and O–H groups in total. The van der Waals surface area contributed by atoms with E-state index in [2.05, 4.69) is 32.0 Å². The maximum absolute atomic E-state index is 12.5. The highest BCUT2D eigenvalue weighted by atomic mass is 32.1. The summed E-state index contributed by atoms with van der Waals surface area (Å²) < 4.78 is 0. The SMILES string of the molecule is Cc1ccc(NC(=O)CCN2C(=S)NC(c3ccccn3)C2c2cccs2)cc1. The van der Waals surface area contributed by atoms with Gasteiger partial charge in [-0.25, -0.2) is 0 Å². The summed E-state index contributed by atoms with van der Waals surface area (Å²) in [6.07, 6.45) is 2.15. The highest BCUT2D eigenvalue weighted by molar-refractivity contribution is 7.80. The van der Waals surface area contributed by atoms with Crippen molar-refractivity contribution in [3.8, 4) is 0 Å². The van der Waals surface area contributed by atoms with E-state index in [1.807, 2.05) is 55.5 Å². The first-order valence-corrected chi connectivity index (χ1v) is 10.8. The Hall–Kier alpha value is -2.77. The van der Waals surface area contributed by atoms with E-state index in [9.17, 15) is 4.79 Å². The number of hydrogen-bond acceptors (Lipinski definition) is 4. The molecule has 0 spiro atoms. The molecule has 7 heteroatoms. The molecule has 1 amide bonds.